The Kier molecular flexibility index (Phi) is 2.19. The van der Waals surface area contributed by atoms with Crippen LogP contribution in [-0.2, 0) is 5.60 Å². The minimum Gasteiger partial charge on any atom is -0.469 e. The summed E-state index contributed by atoms with van der Waals surface area (Å²) < 4.78 is 30.7. The van der Waals surface area contributed by atoms with E-state index in [9.17, 15) is 13.9 Å². The lowest BCUT2D eigenvalue weighted by atomic mass is 9.84. The number of rotatable bonds is 1. The molecule has 0 saturated carbocycles. The fourth-order valence-corrected chi connectivity index (χ4v) is 1.69. The molecular weight excluding hydrogens is 202 g/mol. The molecule has 0 saturated heterocycles. The first-order valence-electron chi connectivity index (χ1n) is 4.78. The van der Waals surface area contributed by atoms with Crippen LogP contribution in [0.15, 0.2) is 28.9 Å². The van der Waals surface area contributed by atoms with E-state index in [2.05, 4.69) is 0 Å². The lowest BCUT2D eigenvalue weighted by Crippen LogP contribution is -2.31. The number of aliphatic hydroxyl groups is 1. The lowest BCUT2D eigenvalue weighted by molar-refractivity contribution is -0.0139. The molecule has 15 heavy (non-hydrogen) atoms. The zero-order valence-electron chi connectivity index (χ0n) is 8.34. The highest BCUT2D eigenvalue weighted by Crippen LogP contribution is 2.39. The van der Waals surface area contributed by atoms with Gasteiger partial charge in [0.2, 0.25) is 0 Å². The van der Waals surface area contributed by atoms with Crippen LogP contribution in [0.5, 0.6) is 0 Å². The van der Waals surface area contributed by atoms with Crippen molar-refractivity contribution in [1.82, 2.24) is 0 Å². The SMILES string of the molecule is Cc1cc(C2(O)C=CC(F)(F)CC2)co1. The van der Waals surface area contributed by atoms with Gasteiger partial charge in [-0.15, -0.1) is 0 Å². The van der Waals surface area contributed by atoms with Gasteiger partial charge in [-0.05, 0) is 31.6 Å². The van der Waals surface area contributed by atoms with Gasteiger partial charge in [0.1, 0.15) is 11.4 Å². The summed E-state index contributed by atoms with van der Waals surface area (Å²) in [5, 5.41) is 10.1. The first-order valence-corrected chi connectivity index (χ1v) is 4.78. The zero-order valence-corrected chi connectivity index (χ0v) is 8.34. The Morgan fingerprint density at radius 1 is 1.33 bits per heavy atom. The maximum absolute atomic E-state index is 12.8. The third-order valence-corrected chi connectivity index (χ3v) is 2.67. The van der Waals surface area contributed by atoms with Crippen LogP contribution in [0.3, 0.4) is 0 Å². The molecule has 1 unspecified atom stereocenters. The summed E-state index contributed by atoms with van der Waals surface area (Å²) in [6.07, 6.45) is 2.99. The van der Waals surface area contributed by atoms with Crippen LogP contribution in [-0.4, -0.2) is 11.0 Å². The summed E-state index contributed by atoms with van der Waals surface area (Å²) in [5.74, 6) is -2.14. The Morgan fingerprint density at radius 3 is 2.53 bits per heavy atom. The summed E-state index contributed by atoms with van der Waals surface area (Å²) in [5.41, 5.74) is -0.772. The number of furan rings is 1. The molecule has 1 N–H and O–H groups in total. The van der Waals surface area contributed by atoms with Gasteiger partial charge in [0.25, 0.3) is 5.92 Å². The molecule has 1 heterocycles. The predicted molar refractivity (Wildman–Crippen MR) is 50.7 cm³/mol. The van der Waals surface area contributed by atoms with Crippen molar-refractivity contribution < 1.29 is 18.3 Å². The van der Waals surface area contributed by atoms with E-state index in [1.165, 1.54) is 6.26 Å². The van der Waals surface area contributed by atoms with Crippen molar-refractivity contribution in [1.29, 1.82) is 0 Å². The number of halogens is 2. The summed E-state index contributed by atoms with van der Waals surface area (Å²) in [7, 11) is 0. The molecule has 2 rings (SSSR count). The molecule has 0 spiro atoms. The number of aryl methyl sites for hydroxylation is 1. The maximum Gasteiger partial charge on any atom is 0.266 e. The largest absolute Gasteiger partial charge is 0.469 e. The molecule has 0 aliphatic heterocycles. The smallest absolute Gasteiger partial charge is 0.266 e. The van der Waals surface area contributed by atoms with E-state index >= 15 is 0 Å². The van der Waals surface area contributed by atoms with Gasteiger partial charge in [-0.2, -0.15) is 0 Å². The van der Waals surface area contributed by atoms with Gasteiger partial charge in [-0.1, -0.05) is 0 Å². The standard InChI is InChI=1S/C11H12F2O2/c1-8-6-9(7-15-8)10(14)2-4-11(12,13)5-3-10/h2,4,6-7,14H,3,5H2,1H3. The van der Waals surface area contributed by atoms with Gasteiger partial charge in [0.05, 0.1) is 6.26 Å². The topological polar surface area (TPSA) is 33.4 Å². The number of alkyl halides is 2. The van der Waals surface area contributed by atoms with Crippen molar-refractivity contribution in [2.24, 2.45) is 0 Å². The van der Waals surface area contributed by atoms with Gasteiger partial charge >= 0.3 is 0 Å². The normalized spacial score (nSPS) is 29.3. The summed E-state index contributed by atoms with van der Waals surface area (Å²) in [4.78, 5) is 0. The highest BCUT2D eigenvalue weighted by atomic mass is 19.3. The quantitative estimate of drug-likeness (QED) is 0.729. The Balaban J connectivity index is 2.30. The molecule has 0 bridgehead atoms. The minimum atomic E-state index is -2.80. The van der Waals surface area contributed by atoms with E-state index < -0.39 is 11.5 Å². The van der Waals surface area contributed by atoms with Crippen LogP contribution in [0.2, 0.25) is 0 Å². The van der Waals surface area contributed by atoms with Crippen LogP contribution < -0.4 is 0 Å². The van der Waals surface area contributed by atoms with Crippen LogP contribution >= 0.6 is 0 Å². The van der Waals surface area contributed by atoms with Crippen molar-refractivity contribution in [3.63, 3.8) is 0 Å². The Labute approximate surface area is 86.2 Å². The molecule has 1 aliphatic rings. The van der Waals surface area contributed by atoms with Gasteiger partial charge < -0.3 is 9.52 Å². The van der Waals surface area contributed by atoms with E-state index in [1.54, 1.807) is 13.0 Å². The van der Waals surface area contributed by atoms with Gasteiger partial charge in [-0.25, -0.2) is 8.78 Å². The van der Waals surface area contributed by atoms with Gasteiger partial charge in [0.15, 0.2) is 0 Å². The van der Waals surface area contributed by atoms with Gasteiger partial charge in [0, 0.05) is 12.0 Å². The molecule has 1 aromatic heterocycles. The number of hydrogen-bond donors (Lipinski definition) is 1. The molecule has 4 heteroatoms. The fraction of sp³-hybridized carbons (Fsp3) is 0.455. The molecular formula is C11H12F2O2. The van der Waals surface area contributed by atoms with Crippen molar-refractivity contribution in [3.05, 3.63) is 35.8 Å². The molecule has 1 aromatic rings. The number of allylic oxidation sites excluding steroid dienone is 1. The number of hydrogen-bond acceptors (Lipinski definition) is 2. The highest BCUT2D eigenvalue weighted by molar-refractivity contribution is 5.28. The molecule has 0 aromatic carbocycles. The van der Waals surface area contributed by atoms with Crippen LogP contribution in [0.25, 0.3) is 0 Å². The third-order valence-electron chi connectivity index (χ3n) is 2.67. The van der Waals surface area contributed by atoms with E-state index in [1.807, 2.05) is 0 Å². The van der Waals surface area contributed by atoms with Crippen LogP contribution in [0.4, 0.5) is 8.78 Å². The molecule has 0 amide bonds. The van der Waals surface area contributed by atoms with Crippen molar-refractivity contribution >= 4 is 0 Å². The lowest BCUT2D eigenvalue weighted by Gasteiger charge is -2.29. The van der Waals surface area contributed by atoms with Crippen molar-refractivity contribution in [2.75, 3.05) is 0 Å². The highest BCUT2D eigenvalue weighted by Gasteiger charge is 2.39. The minimum absolute atomic E-state index is 0.00940. The van der Waals surface area contributed by atoms with Crippen LogP contribution in [0.1, 0.15) is 24.2 Å². The molecule has 2 nitrogen and oxygen atoms in total. The fourth-order valence-electron chi connectivity index (χ4n) is 1.69. The molecule has 82 valence electrons. The summed E-state index contributed by atoms with van der Waals surface area (Å²) in [6, 6.07) is 1.66. The first-order chi connectivity index (χ1) is 6.91. The molecule has 1 atom stereocenters. The Bertz CT molecular complexity index is 395. The Morgan fingerprint density at radius 2 is 2.07 bits per heavy atom. The van der Waals surface area contributed by atoms with E-state index in [-0.39, 0.29) is 12.8 Å². The predicted octanol–water partition coefficient (Wildman–Crippen LogP) is 2.76. The molecule has 1 aliphatic carbocycles. The Hall–Kier alpha value is -1.16. The monoisotopic (exact) mass is 214 g/mol. The average Bonchev–Trinajstić information content (AvgIpc) is 2.59. The van der Waals surface area contributed by atoms with Gasteiger partial charge in [-0.3, -0.25) is 0 Å². The van der Waals surface area contributed by atoms with E-state index in [0.717, 1.165) is 12.2 Å². The first kappa shape index (κ1) is 10.4. The summed E-state index contributed by atoms with van der Waals surface area (Å²) in [6.45, 7) is 1.74. The van der Waals surface area contributed by atoms with Crippen molar-refractivity contribution in [2.45, 2.75) is 31.3 Å². The molecule has 0 radical (unpaired) electrons. The second kappa shape index (κ2) is 3.17. The van der Waals surface area contributed by atoms with E-state index in [0.29, 0.717) is 11.3 Å². The van der Waals surface area contributed by atoms with Crippen molar-refractivity contribution in [3.8, 4) is 0 Å². The zero-order chi connectivity index (χ0) is 11.1. The second-order valence-electron chi connectivity index (χ2n) is 3.96. The summed E-state index contributed by atoms with van der Waals surface area (Å²) >= 11 is 0. The third kappa shape index (κ3) is 1.95. The van der Waals surface area contributed by atoms with Crippen LogP contribution in [0, 0.1) is 6.92 Å². The maximum atomic E-state index is 12.8. The van der Waals surface area contributed by atoms with E-state index in [4.69, 9.17) is 4.42 Å². The second-order valence-corrected chi connectivity index (χ2v) is 3.96. The average molecular weight is 214 g/mol. The molecule has 0 fully saturated rings.